The molecule has 0 radical (unpaired) electrons. The fourth-order valence-corrected chi connectivity index (χ4v) is 2.71. The number of carbonyl (C=O) groups excluding carboxylic acids is 1. The van der Waals surface area contributed by atoms with Crippen molar-refractivity contribution in [1.29, 1.82) is 0 Å². The molecular weight excluding hydrogens is 306 g/mol. The molecule has 1 amide bonds. The molecule has 0 aliphatic heterocycles. The summed E-state index contributed by atoms with van der Waals surface area (Å²) in [5, 5.41) is 0. The monoisotopic (exact) mass is 323 g/mol. The van der Waals surface area contributed by atoms with Gasteiger partial charge in [-0.05, 0) is 40.9 Å². The first-order chi connectivity index (χ1) is 8.95. The molecule has 102 valence electrons. The Bertz CT molecular complexity index is 631. The molecule has 2 heterocycles. The number of carbonyl (C=O) groups is 1. The van der Waals surface area contributed by atoms with E-state index in [4.69, 9.17) is 0 Å². The first-order valence-electron chi connectivity index (χ1n) is 6.34. The summed E-state index contributed by atoms with van der Waals surface area (Å²) in [6, 6.07) is 2.02. The Kier molecular flexibility index (Phi) is 3.94. The summed E-state index contributed by atoms with van der Waals surface area (Å²) >= 11 is 3.48. The third-order valence-electron chi connectivity index (χ3n) is 3.04. The van der Waals surface area contributed by atoms with Crippen LogP contribution in [0.5, 0.6) is 0 Å². The van der Waals surface area contributed by atoms with Crippen LogP contribution in [0.25, 0.3) is 5.65 Å². The highest BCUT2D eigenvalue weighted by molar-refractivity contribution is 9.10. The predicted molar refractivity (Wildman–Crippen MR) is 79.6 cm³/mol. The molecule has 4 nitrogen and oxygen atoms in total. The van der Waals surface area contributed by atoms with E-state index in [-0.39, 0.29) is 5.91 Å². The van der Waals surface area contributed by atoms with Crippen molar-refractivity contribution >= 4 is 27.5 Å². The number of pyridine rings is 1. The van der Waals surface area contributed by atoms with E-state index >= 15 is 0 Å². The highest BCUT2D eigenvalue weighted by Crippen LogP contribution is 2.22. The van der Waals surface area contributed by atoms with E-state index in [1.807, 2.05) is 23.6 Å². The molecule has 0 fully saturated rings. The van der Waals surface area contributed by atoms with Gasteiger partial charge in [-0.3, -0.25) is 9.20 Å². The molecule has 0 N–H and O–H groups in total. The molecule has 0 spiro atoms. The van der Waals surface area contributed by atoms with Crippen molar-refractivity contribution in [3.63, 3.8) is 0 Å². The minimum absolute atomic E-state index is 0.00606. The highest BCUT2D eigenvalue weighted by atomic mass is 79.9. The number of nitrogens with zero attached hydrogens (tertiary/aromatic N) is 3. The number of hydrogen-bond donors (Lipinski definition) is 0. The van der Waals surface area contributed by atoms with Crippen LogP contribution in [0, 0.1) is 6.92 Å². The molecular formula is C14H18BrN3O. The number of rotatable bonds is 3. The van der Waals surface area contributed by atoms with Crippen molar-refractivity contribution in [1.82, 2.24) is 14.3 Å². The van der Waals surface area contributed by atoms with E-state index in [2.05, 4.69) is 27.8 Å². The SMILES string of the molecule is CCCc1nc2c(C)cc(Br)cn2c1C(=O)N(C)C. The van der Waals surface area contributed by atoms with Crippen molar-refractivity contribution in [3.05, 3.63) is 33.7 Å². The largest absolute Gasteiger partial charge is 0.343 e. The van der Waals surface area contributed by atoms with Gasteiger partial charge >= 0.3 is 0 Å². The third-order valence-corrected chi connectivity index (χ3v) is 3.47. The molecule has 5 heteroatoms. The third kappa shape index (κ3) is 2.52. The Morgan fingerprint density at radius 2 is 2.16 bits per heavy atom. The van der Waals surface area contributed by atoms with E-state index in [0.29, 0.717) is 5.69 Å². The van der Waals surface area contributed by atoms with E-state index in [0.717, 1.165) is 34.2 Å². The Morgan fingerprint density at radius 3 is 2.74 bits per heavy atom. The van der Waals surface area contributed by atoms with Gasteiger partial charge in [0.25, 0.3) is 5.91 Å². The second-order valence-corrected chi connectivity index (χ2v) is 5.81. The van der Waals surface area contributed by atoms with Crippen LogP contribution >= 0.6 is 15.9 Å². The maximum atomic E-state index is 12.4. The molecule has 0 aliphatic carbocycles. The average molecular weight is 324 g/mol. The van der Waals surface area contributed by atoms with E-state index < -0.39 is 0 Å². The van der Waals surface area contributed by atoms with Gasteiger partial charge in [-0.2, -0.15) is 0 Å². The van der Waals surface area contributed by atoms with Gasteiger partial charge in [0.1, 0.15) is 11.3 Å². The second-order valence-electron chi connectivity index (χ2n) is 4.89. The summed E-state index contributed by atoms with van der Waals surface area (Å²) in [5.74, 6) is -0.00606. The van der Waals surface area contributed by atoms with Crippen LogP contribution in [0.4, 0.5) is 0 Å². The first-order valence-corrected chi connectivity index (χ1v) is 7.13. The van der Waals surface area contributed by atoms with Crippen LogP contribution < -0.4 is 0 Å². The number of hydrogen-bond acceptors (Lipinski definition) is 2. The van der Waals surface area contributed by atoms with Gasteiger partial charge in [0.2, 0.25) is 0 Å². The minimum Gasteiger partial charge on any atom is -0.343 e. The molecule has 0 saturated carbocycles. The smallest absolute Gasteiger partial charge is 0.272 e. The Balaban J connectivity index is 2.76. The minimum atomic E-state index is -0.00606. The molecule has 0 unspecified atom stereocenters. The standard InChI is InChI=1S/C14H18BrN3O/c1-5-6-11-12(14(19)17(3)4)18-8-10(15)7-9(2)13(18)16-11/h7-8H,5-6H2,1-4H3. The van der Waals surface area contributed by atoms with Crippen LogP contribution in [0.1, 0.15) is 35.1 Å². The van der Waals surface area contributed by atoms with Gasteiger partial charge in [-0.1, -0.05) is 13.3 Å². The van der Waals surface area contributed by atoms with Gasteiger partial charge < -0.3 is 4.90 Å². The maximum absolute atomic E-state index is 12.4. The molecule has 0 aromatic carbocycles. The van der Waals surface area contributed by atoms with Gasteiger partial charge in [-0.15, -0.1) is 0 Å². The number of imidazole rings is 1. The van der Waals surface area contributed by atoms with Gasteiger partial charge in [0.15, 0.2) is 0 Å². The van der Waals surface area contributed by atoms with Crippen LogP contribution in [-0.4, -0.2) is 34.3 Å². The molecule has 2 aromatic heterocycles. The summed E-state index contributed by atoms with van der Waals surface area (Å²) in [7, 11) is 3.53. The summed E-state index contributed by atoms with van der Waals surface area (Å²) in [5.41, 5.74) is 3.47. The summed E-state index contributed by atoms with van der Waals surface area (Å²) in [6.07, 6.45) is 3.69. The number of aromatic nitrogens is 2. The summed E-state index contributed by atoms with van der Waals surface area (Å²) < 4.78 is 2.85. The normalized spacial score (nSPS) is 11.0. The lowest BCUT2D eigenvalue weighted by atomic mass is 10.2. The first kappa shape index (κ1) is 14.1. The van der Waals surface area contributed by atoms with Crippen LogP contribution in [0.15, 0.2) is 16.7 Å². The van der Waals surface area contributed by atoms with Crippen molar-refractivity contribution < 1.29 is 4.79 Å². The van der Waals surface area contributed by atoms with Crippen molar-refractivity contribution in [2.45, 2.75) is 26.7 Å². The number of amides is 1. The van der Waals surface area contributed by atoms with Crippen LogP contribution in [0.2, 0.25) is 0 Å². The quantitative estimate of drug-likeness (QED) is 0.870. The summed E-state index contributed by atoms with van der Waals surface area (Å²) in [4.78, 5) is 18.6. The lowest BCUT2D eigenvalue weighted by Crippen LogP contribution is -2.24. The van der Waals surface area contributed by atoms with Crippen molar-refractivity contribution in [3.8, 4) is 0 Å². The molecule has 0 bridgehead atoms. The molecule has 2 rings (SSSR count). The Hall–Kier alpha value is -1.36. The number of aryl methyl sites for hydroxylation is 2. The number of halogens is 1. The lowest BCUT2D eigenvalue weighted by molar-refractivity contribution is 0.0819. The Morgan fingerprint density at radius 1 is 1.47 bits per heavy atom. The van der Waals surface area contributed by atoms with Crippen LogP contribution in [0.3, 0.4) is 0 Å². The van der Waals surface area contributed by atoms with Crippen LogP contribution in [-0.2, 0) is 6.42 Å². The van der Waals surface area contributed by atoms with Crippen molar-refractivity contribution in [2.75, 3.05) is 14.1 Å². The zero-order valence-corrected chi connectivity index (χ0v) is 13.3. The molecule has 0 saturated heterocycles. The molecule has 0 aliphatic rings. The predicted octanol–water partition coefficient (Wildman–Crippen LogP) is 3.06. The summed E-state index contributed by atoms with van der Waals surface area (Å²) in [6.45, 7) is 4.10. The van der Waals surface area contributed by atoms with Gasteiger partial charge in [-0.25, -0.2) is 4.98 Å². The Labute approximate surface area is 121 Å². The van der Waals surface area contributed by atoms with E-state index in [1.165, 1.54) is 0 Å². The van der Waals surface area contributed by atoms with Gasteiger partial charge in [0.05, 0.1) is 5.69 Å². The highest BCUT2D eigenvalue weighted by Gasteiger charge is 2.21. The lowest BCUT2D eigenvalue weighted by Gasteiger charge is -2.11. The average Bonchev–Trinajstić information content (AvgIpc) is 2.67. The van der Waals surface area contributed by atoms with Crippen molar-refractivity contribution in [2.24, 2.45) is 0 Å². The zero-order chi connectivity index (χ0) is 14.2. The van der Waals surface area contributed by atoms with E-state index in [1.54, 1.807) is 19.0 Å². The fourth-order valence-electron chi connectivity index (χ4n) is 2.16. The number of fused-ring (bicyclic) bond motifs is 1. The molecule has 2 aromatic rings. The second kappa shape index (κ2) is 5.33. The topological polar surface area (TPSA) is 37.6 Å². The van der Waals surface area contributed by atoms with Gasteiger partial charge in [0, 0.05) is 24.8 Å². The molecule has 0 atom stereocenters. The maximum Gasteiger partial charge on any atom is 0.272 e. The fraction of sp³-hybridized carbons (Fsp3) is 0.429. The molecule has 19 heavy (non-hydrogen) atoms. The zero-order valence-electron chi connectivity index (χ0n) is 11.7. The van der Waals surface area contributed by atoms with E-state index in [9.17, 15) is 4.79 Å².